The predicted octanol–water partition coefficient (Wildman–Crippen LogP) is 2.85. The maximum Gasteiger partial charge on any atom is 0.244 e. The van der Waals surface area contributed by atoms with Crippen molar-refractivity contribution in [1.82, 2.24) is 20.7 Å². The smallest absolute Gasteiger partial charge is 0.244 e. The number of amides is 2. The van der Waals surface area contributed by atoms with Gasteiger partial charge in [0.2, 0.25) is 11.8 Å². The van der Waals surface area contributed by atoms with Crippen molar-refractivity contribution in [3.05, 3.63) is 71.5 Å². The van der Waals surface area contributed by atoms with E-state index < -0.39 is 0 Å². The summed E-state index contributed by atoms with van der Waals surface area (Å²) in [5, 5.41) is 2.41. The van der Waals surface area contributed by atoms with Gasteiger partial charge in [0.1, 0.15) is 10.8 Å². The highest BCUT2D eigenvalue weighted by atomic mass is 32.1. The Balaban J connectivity index is 1.14. The molecule has 0 saturated carbocycles. The third-order valence-electron chi connectivity index (χ3n) is 5.46. The molecule has 3 aromatic rings. The van der Waals surface area contributed by atoms with Gasteiger partial charge in [0.05, 0.1) is 12.1 Å². The highest BCUT2D eigenvalue weighted by Gasteiger charge is 2.18. The average molecular weight is 468 g/mol. The molecule has 7 nitrogen and oxygen atoms in total. The lowest BCUT2D eigenvalue weighted by molar-refractivity contribution is -0.128. The van der Waals surface area contributed by atoms with E-state index in [0.717, 1.165) is 26.2 Å². The number of nitrogens with zero attached hydrogens (tertiary/aromatic N) is 3. The molecule has 1 aliphatic heterocycles. The van der Waals surface area contributed by atoms with Gasteiger partial charge in [-0.1, -0.05) is 30.3 Å². The van der Waals surface area contributed by atoms with Crippen molar-refractivity contribution in [2.24, 2.45) is 0 Å². The maximum atomic E-state index is 13.4. The van der Waals surface area contributed by atoms with Gasteiger partial charge in [-0.25, -0.2) is 9.37 Å². The van der Waals surface area contributed by atoms with Crippen LogP contribution in [0.2, 0.25) is 0 Å². The van der Waals surface area contributed by atoms with Crippen molar-refractivity contribution in [3.8, 4) is 10.6 Å². The van der Waals surface area contributed by atoms with E-state index in [1.807, 2.05) is 18.2 Å². The van der Waals surface area contributed by atoms with Crippen molar-refractivity contribution in [3.63, 3.8) is 0 Å². The molecule has 1 fully saturated rings. The Kier molecular flexibility index (Phi) is 7.64. The van der Waals surface area contributed by atoms with Crippen molar-refractivity contribution < 1.29 is 14.0 Å². The third kappa shape index (κ3) is 6.59. The van der Waals surface area contributed by atoms with E-state index in [4.69, 9.17) is 0 Å². The molecule has 172 valence electrons. The van der Waals surface area contributed by atoms with E-state index in [-0.39, 0.29) is 24.1 Å². The normalized spacial score (nSPS) is 14.2. The van der Waals surface area contributed by atoms with Crippen LogP contribution in [0.15, 0.2) is 60.0 Å². The van der Waals surface area contributed by atoms with Crippen LogP contribution in [0.4, 0.5) is 10.1 Å². The predicted molar refractivity (Wildman–Crippen MR) is 127 cm³/mol. The summed E-state index contributed by atoms with van der Waals surface area (Å²) in [6, 6.07) is 16.5. The van der Waals surface area contributed by atoms with Crippen LogP contribution in [0.1, 0.15) is 12.1 Å². The highest BCUT2D eigenvalue weighted by Crippen LogP contribution is 2.24. The first-order valence-electron chi connectivity index (χ1n) is 10.9. The summed E-state index contributed by atoms with van der Waals surface area (Å²) in [6.07, 6.45) is 0.347. The number of aromatic nitrogens is 1. The number of benzene rings is 2. The SMILES string of the molecule is O=C(CCN1CCN(c2ccccc2)CC1)NNC(=O)Cc1csc(-c2cccc(F)c2)n1. The number of nitrogens with one attached hydrogen (secondary N) is 2. The van der Waals surface area contributed by atoms with Crippen LogP contribution in [0.25, 0.3) is 10.6 Å². The molecule has 0 atom stereocenters. The first-order valence-corrected chi connectivity index (χ1v) is 11.8. The largest absolute Gasteiger partial charge is 0.369 e. The van der Waals surface area contributed by atoms with Crippen LogP contribution in [0, 0.1) is 5.82 Å². The van der Waals surface area contributed by atoms with Crippen molar-refractivity contribution in [2.75, 3.05) is 37.6 Å². The van der Waals surface area contributed by atoms with Crippen LogP contribution in [-0.4, -0.2) is 54.4 Å². The van der Waals surface area contributed by atoms with Gasteiger partial charge in [-0.05, 0) is 24.3 Å². The number of carbonyl (C=O) groups excluding carboxylic acids is 2. The summed E-state index contributed by atoms with van der Waals surface area (Å²) in [5.74, 6) is -0.911. The molecule has 0 bridgehead atoms. The fraction of sp³-hybridized carbons (Fsp3) is 0.292. The van der Waals surface area contributed by atoms with Crippen LogP contribution in [0.3, 0.4) is 0 Å². The zero-order chi connectivity index (χ0) is 23.0. The summed E-state index contributed by atoms with van der Waals surface area (Å²) in [7, 11) is 0. The third-order valence-corrected chi connectivity index (χ3v) is 6.40. The summed E-state index contributed by atoms with van der Waals surface area (Å²) >= 11 is 1.35. The molecular weight excluding hydrogens is 441 g/mol. The second kappa shape index (κ2) is 11.0. The topological polar surface area (TPSA) is 77.6 Å². The van der Waals surface area contributed by atoms with E-state index in [2.05, 4.69) is 37.8 Å². The number of anilines is 1. The lowest BCUT2D eigenvalue weighted by Gasteiger charge is -2.36. The van der Waals surface area contributed by atoms with E-state index in [9.17, 15) is 14.0 Å². The number of thiazole rings is 1. The Bertz CT molecular complexity index is 1080. The Hall–Kier alpha value is -3.30. The number of rotatable bonds is 7. The second-order valence-corrected chi connectivity index (χ2v) is 8.70. The highest BCUT2D eigenvalue weighted by molar-refractivity contribution is 7.13. The lowest BCUT2D eigenvalue weighted by atomic mass is 10.2. The standard InChI is InChI=1S/C24H26FN5O2S/c25-19-6-4-5-18(15-19)24-26-20(17-33-24)16-23(32)28-27-22(31)9-10-29-11-13-30(14-12-29)21-7-2-1-3-8-21/h1-8,15,17H,9-14,16H2,(H,27,31)(H,28,32). The summed E-state index contributed by atoms with van der Waals surface area (Å²) in [5.41, 5.74) is 7.38. The molecule has 2 amide bonds. The van der Waals surface area contributed by atoms with E-state index in [1.165, 1.54) is 29.2 Å². The van der Waals surface area contributed by atoms with Gasteiger partial charge < -0.3 is 4.90 Å². The van der Waals surface area contributed by atoms with E-state index >= 15 is 0 Å². The average Bonchev–Trinajstić information content (AvgIpc) is 3.31. The second-order valence-electron chi connectivity index (χ2n) is 7.84. The molecule has 0 spiro atoms. The molecule has 0 radical (unpaired) electrons. The fourth-order valence-electron chi connectivity index (χ4n) is 3.68. The van der Waals surface area contributed by atoms with Gasteiger partial charge in [0.15, 0.2) is 0 Å². The molecule has 1 aromatic heterocycles. The molecule has 9 heteroatoms. The first-order chi connectivity index (χ1) is 16.1. The van der Waals surface area contributed by atoms with Crippen LogP contribution < -0.4 is 15.8 Å². The lowest BCUT2D eigenvalue weighted by Crippen LogP contribution is -2.48. The molecule has 33 heavy (non-hydrogen) atoms. The van der Waals surface area contributed by atoms with E-state index in [0.29, 0.717) is 29.2 Å². The van der Waals surface area contributed by atoms with Gasteiger partial charge in [0, 0.05) is 55.8 Å². The zero-order valence-corrected chi connectivity index (χ0v) is 19.0. The molecule has 2 aromatic carbocycles. The monoisotopic (exact) mass is 467 g/mol. The molecule has 0 unspecified atom stereocenters. The Morgan fingerprint density at radius 2 is 1.73 bits per heavy atom. The summed E-state index contributed by atoms with van der Waals surface area (Å²) in [4.78, 5) is 33.3. The zero-order valence-electron chi connectivity index (χ0n) is 18.2. The van der Waals surface area contributed by atoms with Crippen LogP contribution in [-0.2, 0) is 16.0 Å². The first kappa shape index (κ1) is 22.9. The van der Waals surface area contributed by atoms with Crippen molar-refractivity contribution in [1.29, 1.82) is 0 Å². The number of halogens is 1. The number of piperazine rings is 1. The summed E-state index contributed by atoms with van der Waals surface area (Å²) < 4.78 is 13.4. The maximum absolute atomic E-state index is 13.4. The Morgan fingerprint density at radius 1 is 0.970 bits per heavy atom. The van der Waals surface area contributed by atoms with Gasteiger partial charge in [-0.2, -0.15) is 0 Å². The number of para-hydroxylation sites is 1. The quantitative estimate of drug-likeness (QED) is 0.523. The van der Waals surface area contributed by atoms with Gasteiger partial charge >= 0.3 is 0 Å². The molecule has 4 rings (SSSR count). The number of carbonyl (C=O) groups is 2. The van der Waals surface area contributed by atoms with Crippen molar-refractivity contribution >= 4 is 28.8 Å². The Labute approximate surface area is 196 Å². The summed E-state index contributed by atoms with van der Waals surface area (Å²) in [6.45, 7) is 4.28. The minimum atomic E-state index is -0.351. The number of hydrazine groups is 1. The molecule has 1 aliphatic rings. The fourth-order valence-corrected chi connectivity index (χ4v) is 4.50. The minimum absolute atomic E-state index is 0.0353. The number of hydrogen-bond donors (Lipinski definition) is 2. The molecule has 0 aliphatic carbocycles. The van der Waals surface area contributed by atoms with E-state index in [1.54, 1.807) is 17.5 Å². The van der Waals surface area contributed by atoms with Crippen LogP contribution in [0.5, 0.6) is 0 Å². The van der Waals surface area contributed by atoms with Gasteiger partial charge in [-0.15, -0.1) is 11.3 Å². The van der Waals surface area contributed by atoms with Gasteiger partial charge in [-0.3, -0.25) is 25.3 Å². The minimum Gasteiger partial charge on any atom is -0.369 e. The van der Waals surface area contributed by atoms with Crippen molar-refractivity contribution in [2.45, 2.75) is 12.8 Å². The molecular formula is C24H26FN5O2S. The van der Waals surface area contributed by atoms with Gasteiger partial charge in [0.25, 0.3) is 0 Å². The molecule has 2 heterocycles. The molecule has 2 N–H and O–H groups in total. The molecule has 1 saturated heterocycles. The van der Waals surface area contributed by atoms with Crippen LogP contribution >= 0.6 is 11.3 Å². The Morgan fingerprint density at radius 3 is 2.48 bits per heavy atom. The number of hydrogen-bond acceptors (Lipinski definition) is 6.